The summed E-state index contributed by atoms with van der Waals surface area (Å²) in [5.41, 5.74) is 2.02. The molecule has 5 heteroatoms. The molecule has 1 aromatic heterocycles. The van der Waals surface area contributed by atoms with E-state index < -0.39 is 0 Å². The Morgan fingerprint density at radius 2 is 1.84 bits per heavy atom. The molecule has 4 nitrogen and oxygen atoms in total. The topological polar surface area (TPSA) is 43.4 Å². The van der Waals surface area contributed by atoms with Gasteiger partial charge >= 0.3 is 0 Å². The molecule has 0 atom stereocenters. The van der Waals surface area contributed by atoms with Gasteiger partial charge in [-0.2, -0.15) is 0 Å². The van der Waals surface area contributed by atoms with Crippen molar-refractivity contribution >= 4 is 17.0 Å². The number of rotatable bonds is 6. The van der Waals surface area contributed by atoms with Crippen LogP contribution in [0.1, 0.15) is 17.6 Å². The van der Waals surface area contributed by atoms with E-state index in [1.807, 2.05) is 18.2 Å². The van der Waals surface area contributed by atoms with Crippen LogP contribution in [0.5, 0.6) is 11.5 Å². The molecule has 19 heavy (non-hydrogen) atoms. The molecule has 2 rings (SSSR count). The van der Waals surface area contributed by atoms with Crippen molar-refractivity contribution in [2.45, 2.75) is 19.9 Å². The second kappa shape index (κ2) is 6.43. The normalized spacial score (nSPS) is 10.3. The standard InChI is InChI=1S/C14H18N2O2S/c1-4-14-16-11(9-19-14)8-15-10-5-12(17-2)7-13(6-10)18-3/h5-7,9,15H,4,8H2,1-3H3. The van der Waals surface area contributed by atoms with Crippen LogP contribution in [-0.4, -0.2) is 19.2 Å². The van der Waals surface area contributed by atoms with Crippen LogP contribution in [0.4, 0.5) is 5.69 Å². The molecule has 0 spiro atoms. The lowest BCUT2D eigenvalue weighted by Crippen LogP contribution is -2.00. The number of aromatic nitrogens is 1. The number of nitrogens with zero attached hydrogens (tertiary/aromatic N) is 1. The first kappa shape index (κ1) is 13.7. The Bertz CT molecular complexity index is 518. The fraction of sp³-hybridized carbons (Fsp3) is 0.357. The van der Waals surface area contributed by atoms with Gasteiger partial charge in [-0.3, -0.25) is 0 Å². The number of hydrogen-bond acceptors (Lipinski definition) is 5. The first-order chi connectivity index (χ1) is 9.25. The zero-order valence-corrected chi connectivity index (χ0v) is 12.2. The minimum Gasteiger partial charge on any atom is -0.497 e. The van der Waals surface area contributed by atoms with E-state index in [2.05, 4.69) is 22.6 Å². The van der Waals surface area contributed by atoms with Gasteiger partial charge in [0.05, 0.1) is 31.5 Å². The molecule has 1 aromatic carbocycles. The monoisotopic (exact) mass is 278 g/mol. The van der Waals surface area contributed by atoms with E-state index in [0.29, 0.717) is 6.54 Å². The van der Waals surface area contributed by atoms with E-state index in [4.69, 9.17) is 9.47 Å². The number of aryl methyl sites for hydroxylation is 1. The summed E-state index contributed by atoms with van der Waals surface area (Å²) < 4.78 is 10.5. The summed E-state index contributed by atoms with van der Waals surface area (Å²) >= 11 is 1.70. The number of nitrogens with one attached hydrogen (secondary N) is 1. The molecular weight excluding hydrogens is 260 g/mol. The van der Waals surface area contributed by atoms with Crippen LogP contribution < -0.4 is 14.8 Å². The molecule has 102 valence electrons. The third-order valence-corrected chi connectivity index (χ3v) is 3.77. The van der Waals surface area contributed by atoms with Crippen LogP contribution in [-0.2, 0) is 13.0 Å². The summed E-state index contributed by atoms with van der Waals surface area (Å²) in [6.07, 6.45) is 0.984. The van der Waals surface area contributed by atoms with E-state index in [1.165, 1.54) is 5.01 Å². The van der Waals surface area contributed by atoms with Crippen molar-refractivity contribution in [3.8, 4) is 11.5 Å². The molecule has 0 saturated heterocycles. The second-order valence-electron chi connectivity index (χ2n) is 4.04. The van der Waals surface area contributed by atoms with E-state index in [0.717, 1.165) is 29.3 Å². The van der Waals surface area contributed by atoms with Crippen molar-refractivity contribution in [1.29, 1.82) is 0 Å². The Morgan fingerprint density at radius 1 is 1.16 bits per heavy atom. The van der Waals surface area contributed by atoms with Gasteiger partial charge in [-0.1, -0.05) is 6.92 Å². The number of methoxy groups -OCH3 is 2. The van der Waals surface area contributed by atoms with Gasteiger partial charge < -0.3 is 14.8 Å². The molecule has 0 aliphatic rings. The predicted molar refractivity (Wildman–Crippen MR) is 78.4 cm³/mol. The maximum Gasteiger partial charge on any atom is 0.124 e. The summed E-state index contributed by atoms with van der Waals surface area (Å²) in [7, 11) is 3.29. The fourth-order valence-corrected chi connectivity index (χ4v) is 2.44. The highest BCUT2D eigenvalue weighted by Crippen LogP contribution is 2.26. The van der Waals surface area contributed by atoms with Crippen molar-refractivity contribution < 1.29 is 9.47 Å². The van der Waals surface area contributed by atoms with E-state index in [1.54, 1.807) is 25.6 Å². The van der Waals surface area contributed by atoms with Crippen molar-refractivity contribution in [3.63, 3.8) is 0 Å². The number of ether oxygens (including phenoxy) is 2. The average molecular weight is 278 g/mol. The number of anilines is 1. The highest BCUT2D eigenvalue weighted by molar-refractivity contribution is 7.09. The van der Waals surface area contributed by atoms with Gasteiger partial charge in [-0.15, -0.1) is 11.3 Å². The minimum absolute atomic E-state index is 0.701. The van der Waals surface area contributed by atoms with Gasteiger partial charge in [0.15, 0.2) is 0 Å². The molecule has 1 heterocycles. The largest absolute Gasteiger partial charge is 0.497 e. The van der Waals surface area contributed by atoms with Crippen LogP contribution in [0.25, 0.3) is 0 Å². The van der Waals surface area contributed by atoms with Gasteiger partial charge in [-0.05, 0) is 6.42 Å². The second-order valence-corrected chi connectivity index (χ2v) is 4.98. The zero-order chi connectivity index (χ0) is 13.7. The SMILES string of the molecule is CCc1nc(CNc2cc(OC)cc(OC)c2)cs1. The number of benzene rings is 1. The molecule has 0 aliphatic heterocycles. The highest BCUT2D eigenvalue weighted by Gasteiger charge is 2.03. The minimum atomic E-state index is 0.701. The third-order valence-electron chi connectivity index (χ3n) is 2.73. The Kier molecular flexibility index (Phi) is 4.63. The Balaban J connectivity index is 2.05. The van der Waals surface area contributed by atoms with Crippen LogP contribution in [0.2, 0.25) is 0 Å². The van der Waals surface area contributed by atoms with E-state index in [-0.39, 0.29) is 0 Å². The van der Waals surface area contributed by atoms with Gasteiger partial charge in [-0.25, -0.2) is 4.98 Å². The van der Waals surface area contributed by atoms with Gasteiger partial charge in [0.1, 0.15) is 11.5 Å². The first-order valence-electron chi connectivity index (χ1n) is 6.15. The van der Waals surface area contributed by atoms with Crippen LogP contribution in [0, 0.1) is 0 Å². The molecule has 0 aliphatic carbocycles. The molecule has 0 saturated carbocycles. The van der Waals surface area contributed by atoms with E-state index >= 15 is 0 Å². The summed E-state index contributed by atoms with van der Waals surface area (Å²) in [6, 6.07) is 5.73. The highest BCUT2D eigenvalue weighted by atomic mass is 32.1. The molecule has 0 radical (unpaired) electrons. The zero-order valence-electron chi connectivity index (χ0n) is 11.4. The summed E-state index contributed by atoms with van der Waals surface area (Å²) in [5.74, 6) is 1.55. The number of hydrogen-bond donors (Lipinski definition) is 1. The summed E-state index contributed by atoms with van der Waals surface area (Å²) in [6.45, 7) is 2.82. The average Bonchev–Trinajstić information content (AvgIpc) is 2.92. The number of thiazole rings is 1. The van der Waals surface area contributed by atoms with Crippen molar-refractivity contribution in [1.82, 2.24) is 4.98 Å². The van der Waals surface area contributed by atoms with Gasteiger partial charge in [0.2, 0.25) is 0 Å². The lowest BCUT2D eigenvalue weighted by Gasteiger charge is -2.09. The third kappa shape index (κ3) is 3.61. The maximum atomic E-state index is 5.24. The summed E-state index contributed by atoms with van der Waals surface area (Å²) in [5, 5.41) is 6.59. The molecular formula is C14H18N2O2S. The lowest BCUT2D eigenvalue weighted by atomic mass is 10.2. The smallest absolute Gasteiger partial charge is 0.124 e. The fourth-order valence-electron chi connectivity index (χ4n) is 1.69. The molecule has 1 N–H and O–H groups in total. The van der Waals surface area contributed by atoms with Gasteiger partial charge in [0, 0.05) is 29.3 Å². The molecule has 2 aromatic rings. The van der Waals surface area contributed by atoms with Crippen molar-refractivity contribution in [2.24, 2.45) is 0 Å². The molecule has 0 bridgehead atoms. The quantitative estimate of drug-likeness (QED) is 0.880. The Hall–Kier alpha value is -1.75. The molecule has 0 fully saturated rings. The van der Waals surface area contributed by atoms with E-state index in [9.17, 15) is 0 Å². The molecule has 0 unspecified atom stereocenters. The van der Waals surface area contributed by atoms with Crippen LogP contribution in [0.15, 0.2) is 23.6 Å². The lowest BCUT2D eigenvalue weighted by molar-refractivity contribution is 0.394. The van der Waals surface area contributed by atoms with Crippen LogP contribution >= 0.6 is 11.3 Å². The maximum absolute atomic E-state index is 5.24. The van der Waals surface area contributed by atoms with Crippen LogP contribution in [0.3, 0.4) is 0 Å². The first-order valence-corrected chi connectivity index (χ1v) is 7.03. The Labute approximate surface area is 117 Å². The molecule has 0 amide bonds. The predicted octanol–water partition coefficient (Wildman–Crippen LogP) is 3.33. The van der Waals surface area contributed by atoms with Gasteiger partial charge in [0.25, 0.3) is 0 Å². The van der Waals surface area contributed by atoms with Crippen molar-refractivity contribution in [3.05, 3.63) is 34.3 Å². The summed E-state index contributed by atoms with van der Waals surface area (Å²) in [4.78, 5) is 4.52. The van der Waals surface area contributed by atoms with Crippen molar-refractivity contribution in [2.75, 3.05) is 19.5 Å². The Morgan fingerprint density at radius 3 is 2.37 bits per heavy atom.